The van der Waals surface area contributed by atoms with Crippen molar-refractivity contribution in [1.29, 1.82) is 0 Å². The highest BCUT2D eigenvalue weighted by Crippen LogP contribution is 2.44. The predicted octanol–water partition coefficient (Wildman–Crippen LogP) is 6.45. The first-order valence-electron chi connectivity index (χ1n) is 14.4. The Morgan fingerprint density at radius 1 is 1.00 bits per heavy atom. The second kappa shape index (κ2) is 10.7. The first-order valence-corrected chi connectivity index (χ1v) is 15.8. The molecule has 0 aliphatic carbocycles. The van der Waals surface area contributed by atoms with Crippen LogP contribution in [0, 0.1) is 6.92 Å². The van der Waals surface area contributed by atoms with Crippen molar-refractivity contribution < 1.29 is 22.7 Å². The third-order valence-electron chi connectivity index (χ3n) is 8.40. The van der Waals surface area contributed by atoms with Gasteiger partial charge in [0.2, 0.25) is 0 Å². The van der Waals surface area contributed by atoms with Crippen LogP contribution >= 0.6 is 0 Å². The van der Waals surface area contributed by atoms with E-state index < -0.39 is 21.7 Å². The molecule has 2 heterocycles. The molecule has 2 aliphatic rings. The Kier molecular flexibility index (Phi) is 7.57. The Hall–Kier alpha value is -3.52. The fourth-order valence-corrected chi connectivity index (χ4v) is 7.08. The minimum absolute atomic E-state index is 0.139. The van der Waals surface area contributed by atoms with Crippen LogP contribution in [0.1, 0.15) is 76.6 Å². The molecule has 41 heavy (non-hydrogen) atoms. The van der Waals surface area contributed by atoms with E-state index in [1.165, 1.54) is 4.31 Å². The van der Waals surface area contributed by atoms with E-state index in [0.717, 1.165) is 35.3 Å². The van der Waals surface area contributed by atoms with Crippen molar-refractivity contribution in [3.8, 4) is 11.5 Å². The van der Waals surface area contributed by atoms with Crippen LogP contribution < -0.4 is 19.1 Å². The largest absolute Gasteiger partial charge is 0.487 e. The van der Waals surface area contributed by atoms with Gasteiger partial charge in [0.1, 0.15) is 17.1 Å². The van der Waals surface area contributed by atoms with E-state index in [2.05, 4.69) is 39.9 Å². The summed E-state index contributed by atoms with van der Waals surface area (Å²) in [6.07, 6.45) is 1.19. The molecule has 7 nitrogen and oxygen atoms in total. The lowest BCUT2D eigenvalue weighted by molar-refractivity contribution is -0.129. The van der Waals surface area contributed by atoms with E-state index >= 15 is 0 Å². The monoisotopic (exact) mass is 576 g/mol. The first-order chi connectivity index (χ1) is 19.4. The van der Waals surface area contributed by atoms with Gasteiger partial charge in [-0.15, -0.1) is 0 Å². The van der Waals surface area contributed by atoms with Gasteiger partial charge in [0, 0.05) is 12.0 Å². The maximum Gasteiger partial charge on any atom is 0.264 e. The Bertz CT molecular complexity index is 1540. The summed E-state index contributed by atoms with van der Waals surface area (Å²) in [5, 5.41) is 3.19. The molecule has 1 amide bonds. The molecule has 0 saturated carbocycles. The summed E-state index contributed by atoms with van der Waals surface area (Å²) < 4.78 is 42.0. The second-order valence-corrected chi connectivity index (χ2v) is 14.0. The van der Waals surface area contributed by atoms with Crippen molar-refractivity contribution in [1.82, 2.24) is 5.32 Å². The van der Waals surface area contributed by atoms with Crippen molar-refractivity contribution >= 4 is 21.6 Å². The molecule has 3 aromatic rings. The molecule has 2 atom stereocenters. The molecule has 3 aromatic carbocycles. The summed E-state index contributed by atoms with van der Waals surface area (Å²) in [5.74, 6) is 0.771. The summed E-state index contributed by atoms with van der Waals surface area (Å²) in [5.41, 5.74) is 2.69. The highest BCUT2D eigenvalue weighted by molar-refractivity contribution is 7.92. The van der Waals surface area contributed by atoms with E-state index in [4.69, 9.17) is 9.47 Å². The number of nitrogens with zero attached hydrogens (tertiary/aromatic N) is 1. The number of benzene rings is 3. The highest BCUT2D eigenvalue weighted by atomic mass is 32.2. The zero-order chi connectivity index (χ0) is 29.6. The lowest BCUT2D eigenvalue weighted by atomic mass is 9.83. The summed E-state index contributed by atoms with van der Waals surface area (Å²) in [4.78, 5) is 14.0. The maximum absolute atomic E-state index is 14.0. The van der Waals surface area contributed by atoms with Crippen LogP contribution in [0.3, 0.4) is 0 Å². The molecule has 0 bridgehead atoms. The van der Waals surface area contributed by atoms with E-state index in [9.17, 15) is 13.2 Å². The van der Waals surface area contributed by atoms with Crippen LogP contribution in [0.15, 0.2) is 71.6 Å². The van der Waals surface area contributed by atoms with E-state index in [0.29, 0.717) is 17.9 Å². The molecule has 0 aromatic heterocycles. The van der Waals surface area contributed by atoms with Crippen LogP contribution in [0.25, 0.3) is 0 Å². The minimum Gasteiger partial charge on any atom is -0.487 e. The fraction of sp³-hybridized carbons (Fsp3) is 0.424. The standard InChI is InChI=1S/C33H40N2O5S/c1-7-33(8-2)20-26(25-11-9-10-12-28(25)40-33)34-31(36)30-21-35(41(37,38)24-16-13-22(3)14-17-24)27-19-23(32(4,5)6)15-18-29(27)39-30/h9-19,26,30H,7-8,20-21H2,1-6H3,(H,34,36)/t26-,30-/m0/s1. The summed E-state index contributed by atoms with van der Waals surface area (Å²) in [6.45, 7) is 12.2. The number of hydrogen-bond donors (Lipinski definition) is 1. The van der Waals surface area contributed by atoms with Crippen LogP contribution in [0.5, 0.6) is 11.5 Å². The molecule has 0 spiro atoms. The van der Waals surface area contributed by atoms with Gasteiger partial charge >= 0.3 is 0 Å². The van der Waals surface area contributed by atoms with Gasteiger partial charge in [0.05, 0.1) is 23.2 Å². The molecule has 2 aliphatic heterocycles. The molecule has 218 valence electrons. The number of amides is 1. The number of sulfonamides is 1. The first kappa shape index (κ1) is 29.0. The van der Waals surface area contributed by atoms with Crippen LogP contribution in [0.4, 0.5) is 5.69 Å². The molecule has 0 fully saturated rings. The lowest BCUT2D eigenvalue weighted by Gasteiger charge is -2.42. The third-order valence-corrected chi connectivity index (χ3v) is 10.2. The van der Waals surface area contributed by atoms with Crippen molar-refractivity contribution in [3.63, 3.8) is 0 Å². The Balaban J connectivity index is 1.50. The van der Waals surface area contributed by atoms with E-state index in [-0.39, 0.29) is 28.8 Å². The van der Waals surface area contributed by atoms with Gasteiger partial charge in [0.15, 0.2) is 6.10 Å². The number of anilines is 1. The molecule has 1 N–H and O–H groups in total. The number of aryl methyl sites for hydroxylation is 1. The number of carbonyl (C=O) groups is 1. The predicted molar refractivity (Wildman–Crippen MR) is 161 cm³/mol. The molecule has 5 rings (SSSR count). The molecule has 0 radical (unpaired) electrons. The smallest absolute Gasteiger partial charge is 0.264 e. The topological polar surface area (TPSA) is 84.9 Å². The maximum atomic E-state index is 14.0. The van der Waals surface area contributed by atoms with Gasteiger partial charge in [-0.2, -0.15) is 0 Å². The molecule has 0 unspecified atom stereocenters. The molecular formula is C33H40N2O5S. The van der Waals surface area contributed by atoms with E-state index in [1.54, 1.807) is 30.3 Å². The summed E-state index contributed by atoms with van der Waals surface area (Å²) >= 11 is 0. The molecule has 0 saturated heterocycles. The quantitative estimate of drug-likeness (QED) is 0.365. The SMILES string of the molecule is CCC1(CC)C[C@H](NC(=O)[C@@H]2CN(S(=O)(=O)c3ccc(C)cc3)c3cc(C(C)(C)C)ccc3O2)c2ccccc2O1. The molecule has 8 heteroatoms. The van der Waals surface area contributed by atoms with Gasteiger partial charge in [-0.3, -0.25) is 9.10 Å². The van der Waals surface area contributed by atoms with Gasteiger partial charge < -0.3 is 14.8 Å². The molecular weight excluding hydrogens is 536 g/mol. The normalized spacial score (nSPS) is 19.8. The van der Waals surface area contributed by atoms with Gasteiger partial charge in [-0.05, 0) is 61.1 Å². The number of ether oxygens (including phenoxy) is 2. The van der Waals surface area contributed by atoms with Crippen molar-refractivity contribution in [2.45, 2.75) is 88.9 Å². The minimum atomic E-state index is -3.98. The van der Waals surface area contributed by atoms with Crippen LogP contribution in [-0.4, -0.2) is 32.6 Å². The average Bonchev–Trinajstić information content (AvgIpc) is 2.95. The average molecular weight is 577 g/mol. The van der Waals surface area contributed by atoms with Gasteiger partial charge in [-0.1, -0.05) is 76.6 Å². The summed E-state index contributed by atoms with van der Waals surface area (Å²) in [7, 11) is -3.98. The number of fused-ring (bicyclic) bond motifs is 2. The summed E-state index contributed by atoms with van der Waals surface area (Å²) in [6, 6.07) is 19.8. The number of rotatable bonds is 6. The van der Waals surface area contributed by atoms with Crippen molar-refractivity contribution in [2.75, 3.05) is 10.8 Å². The Labute approximate surface area is 243 Å². The Morgan fingerprint density at radius 3 is 2.34 bits per heavy atom. The van der Waals surface area contributed by atoms with Gasteiger partial charge in [-0.25, -0.2) is 8.42 Å². The fourth-order valence-electron chi connectivity index (χ4n) is 5.61. The number of hydrogen-bond acceptors (Lipinski definition) is 5. The highest BCUT2D eigenvalue weighted by Gasteiger charge is 2.42. The van der Waals surface area contributed by atoms with E-state index in [1.807, 2.05) is 43.3 Å². The van der Waals surface area contributed by atoms with Gasteiger partial charge in [0.25, 0.3) is 15.9 Å². The third kappa shape index (κ3) is 5.54. The van der Waals surface area contributed by atoms with Crippen molar-refractivity contribution in [2.24, 2.45) is 0 Å². The number of carbonyl (C=O) groups excluding carboxylic acids is 1. The van der Waals surface area contributed by atoms with Crippen LogP contribution in [0.2, 0.25) is 0 Å². The second-order valence-electron chi connectivity index (χ2n) is 12.2. The number of nitrogens with one attached hydrogen (secondary N) is 1. The zero-order valence-electron chi connectivity index (χ0n) is 24.7. The number of para-hydroxylation sites is 1. The van der Waals surface area contributed by atoms with Crippen LogP contribution in [-0.2, 0) is 20.2 Å². The lowest BCUT2D eigenvalue weighted by Crippen LogP contribution is -2.53. The Morgan fingerprint density at radius 2 is 1.68 bits per heavy atom. The zero-order valence-corrected chi connectivity index (χ0v) is 25.5. The van der Waals surface area contributed by atoms with Crippen molar-refractivity contribution in [3.05, 3.63) is 83.4 Å².